The number of nitrogens with two attached hydrogens (primary N) is 1. The normalized spacial score (nSPS) is 27.7. The van der Waals surface area contributed by atoms with E-state index in [1.165, 1.54) is 30.6 Å². The van der Waals surface area contributed by atoms with E-state index < -0.39 is 0 Å². The summed E-state index contributed by atoms with van der Waals surface area (Å²) in [6.45, 7) is 1.39. The smallest absolute Gasteiger partial charge is 0.251 e. The molecule has 0 aliphatic heterocycles. The maximum atomic E-state index is 13.6. The van der Waals surface area contributed by atoms with Crippen molar-refractivity contribution >= 4 is 39.7 Å². The summed E-state index contributed by atoms with van der Waals surface area (Å²) >= 11 is 1.35. The Morgan fingerprint density at radius 3 is 2.27 bits per heavy atom. The molecule has 0 radical (unpaired) electrons. The molecule has 2 aromatic rings. The van der Waals surface area contributed by atoms with E-state index in [4.69, 9.17) is 5.73 Å². The van der Waals surface area contributed by atoms with Gasteiger partial charge in [-0.25, -0.2) is 4.98 Å². The number of amides is 1. The van der Waals surface area contributed by atoms with Gasteiger partial charge in [-0.2, -0.15) is 0 Å². The Kier molecular flexibility index (Phi) is 5.91. The molecule has 0 saturated heterocycles. The number of carbonyl (C=O) groups excluding carboxylic acids is 2. The highest BCUT2D eigenvalue weighted by atomic mass is 32.1. The predicted molar refractivity (Wildman–Crippen MR) is 132 cm³/mol. The van der Waals surface area contributed by atoms with E-state index in [0.29, 0.717) is 45.7 Å². The molecule has 33 heavy (non-hydrogen) atoms. The number of carbonyl (C=O) groups is 2. The molecule has 176 valence electrons. The molecule has 4 bridgehead atoms. The summed E-state index contributed by atoms with van der Waals surface area (Å²) in [7, 11) is 3.94. The van der Waals surface area contributed by atoms with Gasteiger partial charge in [-0.05, 0) is 94.6 Å². The highest BCUT2D eigenvalue weighted by molar-refractivity contribution is 7.18. The van der Waals surface area contributed by atoms with Gasteiger partial charge in [-0.1, -0.05) is 11.3 Å². The van der Waals surface area contributed by atoms with E-state index in [0.717, 1.165) is 31.5 Å². The molecule has 4 aliphatic rings. The van der Waals surface area contributed by atoms with Crippen molar-refractivity contribution in [3.05, 3.63) is 34.7 Å². The zero-order valence-corrected chi connectivity index (χ0v) is 20.2. The van der Waals surface area contributed by atoms with Gasteiger partial charge in [0.1, 0.15) is 10.7 Å². The molecular formula is C25H33N5O2S. The van der Waals surface area contributed by atoms with Crippen LogP contribution in [0.1, 0.15) is 58.6 Å². The zero-order valence-electron chi connectivity index (χ0n) is 19.4. The standard InChI is InChI=1S/C25H33N5O2S/c1-30(2)8-7-27-23(32)18-3-5-19(6-4-18)28-24-29-22(26)20(33-24)21(31)25-12-15-9-16(13-25)11-17(10-15)14-25/h3-6,15-17H,7-14,26H2,1-2H3,(H,27,32)(H,28,29). The third-order valence-electron chi connectivity index (χ3n) is 7.62. The van der Waals surface area contributed by atoms with Crippen molar-refractivity contribution in [2.24, 2.45) is 23.2 Å². The Bertz CT molecular complexity index is 1010. The highest BCUT2D eigenvalue weighted by Crippen LogP contribution is 2.61. The lowest BCUT2D eigenvalue weighted by Crippen LogP contribution is -2.49. The van der Waals surface area contributed by atoms with Gasteiger partial charge in [0, 0.05) is 29.8 Å². The number of benzene rings is 1. The molecule has 4 N–H and O–H groups in total. The van der Waals surface area contributed by atoms with Gasteiger partial charge in [0.25, 0.3) is 5.91 Å². The number of nitrogens with zero attached hydrogens (tertiary/aromatic N) is 2. The second-order valence-electron chi connectivity index (χ2n) is 10.5. The summed E-state index contributed by atoms with van der Waals surface area (Å²) in [6.07, 6.45) is 6.99. The summed E-state index contributed by atoms with van der Waals surface area (Å²) < 4.78 is 0. The van der Waals surface area contributed by atoms with Crippen LogP contribution in [0.25, 0.3) is 0 Å². The van der Waals surface area contributed by atoms with Crippen LogP contribution in [-0.4, -0.2) is 48.8 Å². The predicted octanol–water partition coefficient (Wildman–Crippen LogP) is 4.16. The van der Waals surface area contributed by atoms with Crippen molar-refractivity contribution in [2.75, 3.05) is 38.2 Å². The number of thiazole rings is 1. The van der Waals surface area contributed by atoms with E-state index in [1.54, 1.807) is 12.1 Å². The Morgan fingerprint density at radius 2 is 1.70 bits per heavy atom. The van der Waals surface area contributed by atoms with Crippen LogP contribution in [0.2, 0.25) is 0 Å². The second kappa shape index (κ2) is 8.72. The van der Waals surface area contributed by atoms with Crippen molar-refractivity contribution in [2.45, 2.75) is 38.5 Å². The first-order chi connectivity index (χ1) is 15.8. The molecule has 1 heterocycles. The van der Waals surface area contributed by atoms with Crippen LogP contribution in [-0.2, 0) is 0 Å². The SMILES string of the molecule is CN(C)CCNC(=O)c1ccc(Nc2nc(N)c(C(=O)C34CC5CC(CC(C5)C3)C4)s2)cc1. The lowest BCUT2D eigenvalue weighted by molar-refractivity contribution is -0.0350. The number of nitrogen functional groups attached to an aromatic ring is 1. The molecule has 1 aromatic carbocycles. The average molecular weight is 468 g/mol. The second-order valence-corrected chi connectivity index (χ2v) is 11.5. The van der Waals surface area contributed by atoms with Crippen molar-refractivity contribution in [1.82, 2.24) is 15.2 Å². The molecule has 4 fully saturated rings. The molecule has 0 spiro atoms. The minimum atomic E-state index is -0.214. The Morgan fingerprint density at radius 1 is 1.09 bits per heavy atom. The average Bonchev–Trinajstić information content (AvgIpc) is 3.12. The Balaban J connectivity index is 1.25. The molecule has 8 heteroatoms. The lowest BCUT2D eigenvalue weighted by atomic mass is 9.48. The molecular weight excluding hydrogens is 434 g/mol. The van der Waals surface area contributed by atoms with Gasteiger partial charge in [-0.3, -0.25) is 9.59 Å². The number of aromatic nitrogens is 1. The number of nitrogens with one attached hydrogen (secondary N) is 2. The minimum Gasteiger partial charge on any atom is -0.382 e. The fourth-order valence-corrected chi connectivity index (χ4v) is 7.47. The van der Waals surface area contributed by atoms with Gasteiger partial charge >= 0.3 is 0 Å². The molecule has 1 amide bonds. The number of likely N-dealkylation sites (N-methyl/N-ethyl adjacent to an activating group) is 1. The number of hydrogen-bond donors (Lipinski definition) is 3. The van der Waals surface area contributed by atoms with E-state index in [-0.39, 0.29) is 17.1 Å². The molecule has 1 aromatic heterocycles. The number of anilines is 3. The van der Waals surface area contributed by atoms with E-state index in [9.17, 15) is 9.59 Å². The molecule has 6 rings (SSSR count). The summed E-state index contributed by atoms with van der Waals surface area (Å²) in [5.74, 6) is 2.60. The zero-order chi connectivity index (χ0) is 23.2. The minimum absolute atomic E-state index is 0.0923. The van der Waals surface area contributed by atoms with Crippen molar-refractivity contribution < 1.29 is 9.59 Å². The van der Waals surface area contributed by atoms with Crippen molar-refractivity contribution in [1.29, 1.82) is 0 Å². The molecule has 7 nitrogen and oxygen atoms in total. The highest BCUT2D eigenvalue weighted by Gasteiger charge is 2.55. The largest absolute Gasteiger partial charge is 0.382 e. The maximum Gasteiger partial charge on any atom is 0.251 e. The van der Waals surface area contributed by atoms with Gasteiger partial charge in [0.2, 0.25) is 0 Å². The van der Waals surface area contributed by atoms with Crippen LogP contribution in [0.5, 0.6) is 0 Å². The quantitative estimate of drug-likeness (QED) is 0.504. The summed E-state index contributed by atoms with van der Waals surface area (Å²) in [5, 5.41) is 6.78. The van der Waals surface area contributed by atoms with Gasteiger partial charge in [0.05, 0.1) is 0 Å². The Hall–Kier alpha value is -2.45. The van der Waals surface area contributed by atoms with E-state index in [2.05, 4.69) is 15.6 Å². The monoisotopic (exact) mass is 467 g/mol. The first kappa shape index (κ1) is 22.3. The molecule has 0 unspecified atom stereocenters. The van der Waals surface area contributed by atoms with Gasteiger partial charge < -0.3 is 21.3 Å². The topological polar surface area (TPSA) is 100 Å². The third kappa shape index (κ3) is 4.51. The van der Waals surface area contributed by atoms with Crippen LogP contribution in [0.4, 0.5) is 16.6 Å². The Labute approximate surface area is 199 Å². The fraction of sp³-hybridized carbons (Fsp3) is 0.560. The number of ketones is 1. The number of Topliss-reactive ketones (excluding diaryl/α,β-unsaturated/α-hetero) is 1. The van der Waals surface area contributed by atoms with E-state index in [1.807, 2.05) is 31.1 Å². The van der Waals surface area contributed by atoms with Crippen LogP contribution in [0.15, 0.2) is 24.3 Å². The van der Waals surface area contributed by atoms with Gasteiger partial charge in [-0.15, -0.1) is 0 Å². The number of hydrogen-bond acceptors (Lipinski definition) is 7. The van der Waals surface area contributed by atoms with Gasteiger partial charge in [0.15, 0.2) is 10.9 Å². The lowest BCUT2D eigenvalue weighted by Gasteiger charge is -2.55. The maximum absolute atomic E-state index is 13.6. The van der Waals surface area contributed by atoms with E-state index >= 15 is 0 Å². The summed E-state index contributed by atoms with van der Waals surface area (Å²) in [5.41, 5.74) is 7.43. The van der Waals surface area contributed by atoms with Crippen molar-refractivity contribution in [3.63, 3.8) is 0 Å². The first-order valence-corrected chi connectivity index (χ1v) is 12.7. The summed E-state index contributed by atoms with van der Waals surface area (Å²) in [6, 6.07) is 7.26. The number of rotatable bonds is 8. The molecule has 0 atom stereocenters. The fourth-order valence-electron chi connectivity index (χ4n) is 6.50. The van der Waals surface area contributed by atoms with Crippen LogP contribution in [0.3, 0.4) is 0 Å². The first-order valence-electron chi connectivity index (χ1n) is 11.9. The molecule has 4 saturated carbocycles. The van der Waals surface area contributed by atoms with Crippen LogP contribution >= 0.6 is 11.3 Å². The van der Waals surface area contributed by atoms with Crippen molar-refractivity contribution in [3.8, 4) is 0 Å². The van der Waals surface area contributed by atoms with Crippen LogP contribution < -0.4 is 16.4 Å². The van der Waals surface area contributed by atoms with Crippen LogP contribution in [0, 0.1) is 23.2 Å². The third-order valence-corrected chi connectivity index (χ3v) is 8.61. The molecule has 4 aliphatic carbocycles. The summed E-state index contributed by atoms with van der Waals surface area (Å²) in [4.78, 5) is 33.0.